The van der Waals surface area contributed by atoms with Crippen LogP contribution in [0.4, 0.5) is 0 Å². The molecule has 0 radical (unpaired) electrons. The Kier molecular flexibility index (Phi) is 4.53. The van der Waals surface area contributed by atoms with E-state index in [-0.39, 0.29) is 12.5 Å². The maximum absolute atomic E-state index is 12.1. The number of aryl methyl sites for hydroxylation is 1. The highest BCUT2D eigenvalue weighted by Crippen LogP contribution is 2.23. The number of ether oxygens (including phenoxy) is 1. The first-order valence-electron chi connectivity index (χ1n) is 8.58. The Labute approximate surface area is 155 Å². The van der Waals surface area contributed by atoms with Crippen molar-refractivity contribution in [1.82, 2.24) is 15.4 Å². The predicted octanol–water partition coefficient (Wildman–Crippen LogP) is 3.55. The maximum atomic E-state index is 12.1. The monoisotopic (exact) mass is 358 g/mol. The topological polar surface area (TPSA) is 79.4 Å². The molecule has 0 saturated heterocycles. The van der Waals surface area contributed by atoms with E-state index in [1.165, 1.54) is 0 Å². The first-order valence-corrected chi connectivity index (χ1v) is 8.58. The molecule has 4 aromatic rings. The van der Waals surface area contributed by atoms with Gasteiger partial charge in [0.2, 0.25) is 0 Å². The summed E-state index contributed by atoms with van der Waals surface area (Å²) in [6.45, 7) is 1.83. The molecule has 0 unspecified atom stereocenters. The van der Waals surface area contributed by atoms with E-state index < -0.39 is 0 Å². The summed E-state index contributed by atoms with van der Waals surface area (Å²) in [5, 5.41) is 6.08. The minimum atomic E-state index is -0.336. The molecule has 2 aromatic heterocycles. The number of hydrogen-bond donors (Lipinski definition) is 2. The second kappa shape index (κ2) is 7.29. The van der Waals surface area contributed by atoms with E-state index >= 15 is 0 Å². The summed E-state index contributed by atoms with van der Waals surface area (Å²) in [5.41, 5.74) is 6.21. The van der Waals surface area contributed by atoms with Gasteiger partial charge in [-0.15, -0.1) is 0 Å². The summed E-state index contributed by atoms with van der Waals surface area (Å²) in [4.78, 5) is 19.6. The van der Waals surface area contributed by atoms with Crippen LogP contribution < -0.4 is 10.2 Å². The lowest BCUT2D eigenvalue weighted by Gasteiger charge is -2.07. The summed E-state index contributed by atoms with van der Waals surface area (Å²) in [6, 6.07) is 17.4. The molecule has 27 heavy (non-hydrogen) atoms. The molecule has 6 nitrogen and oxygen atoms in total. The molecule has 0 aliphatic carbocycles. The lowest BCUT2D eigenvalue weighted by atomic mass is 10.1. The van der Waals surface area contributed by atoms with Gasteiger partial charge in [-0.05, 0) is 25.1 Å². The summed E-state index contributed by atoms with van der Waals surface area (Å²) in [5.74, 6) is 0.233. The summed E-state index contributed by atoms with van der Waals surface area (Å²) >= 11 is 0. The van der Waals surface area contributed by atoms with Crippen LogP contribution in [-0.4, -0.2) is 28.7 Å². The van der Waals surface area contributed by atoms with E-state index in [4.69, 9.17) is 4.74 Å². The number of pyridine rings is 1. The Bertz CT molecular complexity index is 1140. The van der Waals surface area contributed by atoms with Crippen LogP contribution in [0.25, 0.3) is 21.8 Å². The highest BCUT2D eigenvalue weighted by atomic mass is 16.5. The van der Waals surface area contributed by atoms with Gasteiger partial charge in [0.15, 0.2) is 6.61 Å². The standard InChI is InChI=1S/C21H18N4O2/c1-14-17(16-8-2-3-9-18(16)24-14)12-23-25-20(26)13-27-19-10-4-6-15-7-5-11-22-21(15)19/h2-12,24H,13H2,1H3,(H,25,26)/b23-12-. The number of aromatic nitrogens is 2. The molecule has 134 valence electrons. The van der Waals surface area contributed by atoms with Gasteiger partial charge in [-0.3, -0.25) is 9.78 Å². The molecule has 0 aliphatic heterocycles. The quantitative estimate of drug-likeness (QED) is 0.423. The third kappa shape index (κ3) is 3.50. The number of aromatic amines is 1. The Morgan fingerprint density at radius 2 is 2.04 bits per heavy atom. The van der Waals surface area contributed by atoms with Gasteiger partial charge < -0.3 is 9.72 Å². The molecule has 2 heterocycles. The molecule has 2 N–H and O–H groups in total. The lowest BCUT2D eigenvalue weighted by molar-refractivity contribution is -0.123. The number of para-hydroxylation sites is 2. The van der Waals surface area contributed by atoms with Crippen LogP contribution in [-0.2, 0) is 4.79 Å². The third-order valence-corrected chi connectivity index (χ3v) is 4.28. The summed E-state index contributed by atoms with van der Waals surface area (Å²) < 4.78 is 5.61. The number of nitrogens with zero attached hydrogens (tertiary/aromatic N) is 2. The molecule has 2 aromatic carbocycles. The van der Waals surface area contributed by atoms with E-state index in [0.717, 1.165) is 33.1 Å². The highest BCUT2D eigenvalue weighted by Gasteiger charge is 2.07. The zero-order valence-corrected chi connectivity index (χ0v) is 14.8. The van der Waals surface area contributed by atoms with Crippen LogP contribution in [0.1, 0.15) is 11.3 Å². The number of carbonyl (C=O) groups excluding carboxylic acids is 1. The maximum Gasteiger partial charge on any atom is 0.277 e. The van der Waals surface area contributed by atoms with Crippen LogP contribution in [0.2, 0.25) is 0 Å². The highest BCUT2D eigenvalue weighted by molar-refractivity contribution is 6.00. The van der Waals surface area contributed by atoms with Gasteiger partial charge in [0, 0.05) is 33.7 Å². The minimum Gasteiger partial charge on any atom is -0.481 e. The first kappa shape index (κ1) is 16.8. The smallest absolute Gasteiger partial charge is 0.277 e. The molecule has 0 bridgehead atoms. The Balaban J connectivity index is 1.41. The zero-order chi connectivity index (χ0) is 18.6. The first-order chi connectivity index (χ1) is 13.2. The fourth-order valence-electron chi connectivity index (χ4n) is 3.00. The molecule has 0 aliphatic rings. The number of nitrogens with one attached hydrogen (secondary N) is 2. The van der Waals surface area contributed by atoms with Crippen LogP contribution in [0.3, 0.4) is 0 Å². The van der Waals surface area contributed by atoms with Crippen molar-refractivity contribution in [3.8, 4) is 5.75 Å². The second-order valence-corrected chi connectivity index (χ2v) is 6.12. The Morgan fingerprint density at radius 3 is 2.96 bits per heavy atom. The van der Waals surface area contributed by atoms with Gasteiger partial charge in [-0.1, -0.05) is 36.4 Å². The normalized spacial score (nSPS) is 11.3. The zero-order valence-electron chi connectivity index (χ0n) is 14.8. The van der Waals surface area contributed by atoms with Crippen molar-refractivity contribution < 1.29 is 9.53 Å². The number of hydrazone groups is 1. The number of carbonyl (C=O) groups is 1. The van der Waals surface area contributed by atoms with E-state index in [2.05, 4.69) is 20.5 Å². The van der Waals surface area contributed by atoms with Crippen molar-refractivity contribution in [2.45, 2.75) is 6.92 Å². The molecule has 6 heteroatoms. The number of fused-ring (bicyclic) bond motifs is 2. The van der Waals surface area contributed by atoms with E-state index in [1.807, 2.05) is 55.5 Å². The number of H-pyrrole nitrogens is 1. The lowest BCUT2D eigenvalue weighted by Crippen LogP contribution is -2.24. The van der Waals surface area contributed by atoms with Crippen molar-refractivity contribution in [2.24, 2.45) is 5.10 Å². The van der Waals surface area contributed by atoms with Gasteiger partial charge in [-0.25, -0.2) is 5.43 Å². The van der Waals surface area contributed by atoms with Crippen molar-refractivity contribution in [3.05, 3.63) is 72.1 Å². The number of amides is 1. The molecular formula is C21H18N4O2. The fraction of sp³-hybridized carbons (Fsp3) is 0.0952. The van der Waals surface area contributed by atoms with E-state index in [0.29, 0.717) is 5.75 Å². The SMILES string of the molecule is Cc1[nH]c2ccccc2c1/C=N\NC(=O)COc1cccc2cccnc12. The summed E-state index contributed by atoms with van der Waals surface area (Å²) in [6.07, 6.45) is 3.34. The molecule has 0 spiro atoms. The number of rotatable bonds is 5. The van der Waals surface area contributed by atoms with Gasteiger partial charge in [0.05, 0.1) is 6.21 Å². The molecule has 4 rings (SSSR count). The van der Waals surface area contributed by atoms with Gasteiger partial charge in [-0.2, -0.15) is 5.10 Å². The van der Waals surface area contributed by atoms with Crippen LogP contribution in [0, 0.1) is 6.92 Å². The van der Waals surface area contributed by atoms with Crippen LogP contribution in [0.15, 0.2) is 65.9 Å². The van der Waals surface area contributed by atoms with Crippen molar-refractivity contribution >= 4 is 33.9 Å². The van der Waals surface area contributed by atoms with Gasteiger partial charge in [0.1, 0.15) is 11.3 Å². The van der Waals surface area contributed by atoms with Crippen molar-refractivity contribution in [2.75, 3.05) is 6.61 Å². The van der Waals surface area contributed by atoms with E-state index in [1.54, 1.807) is 18.5 Å². The van der Waals surface area contributed by atoms with Crippen LogP contribution in [0.5, 0.6) is 5.75 Å². The molecule has 0 saturated carbocycles. The second-order valence-electron chi connectivity index (χ2n) is 6.12. The van der Waals surface area contributed by atoms with Crippen molar-refractivity contribution in [1.29, 1.82) is 0 Å². The van der Waals surface area contributed by atoms with Crippen molar-refractivity contribution in [3.63, 3.8) is 0 Å². The fourth-order valence-corrected chi connectivity index (χ4v) is 3.00. The molecule has 0 fully saturated rings. The molecule has 0 atom stereocenters. The average molecular weight is 358 g/mol. The molecule has 1 amide bonds. The third-order valence-electron chi connectivity index (χ3n) is 4.28. The average Bonchev–Trinajstić information content (AvgIpc) is 3.02. The van der Waals surface area contributed by atoms with E-state index in [9.17, 15) is 4.79 Å². The Morgan fingerprint density at radius 1 is 1.19 bits per heavy atom. The Hall–Kier alpha value is -3.67. The van der Waals surface area contributed by atoms with Crippen LogP contribution >= 0.6 is 0 Å². The largest absolute Gasteiger partial charge is 0.481 e. The predicted molar refractivity (Wildman–Crippen MR) is 106 cm³/mol. The number of benzene rings is 2. The van der Waals surface area contributed by atoms with Gasteiger partial charge in [0.25, 0.3) is 5.91 Å². The van der Waals surface area contributed by atoms with Gasteiger partial charge >= 0.3 is 0 Å². The molecular weight excluding hydrogens is 340 g/mol. The minimum absolute atomic E-state index is 0.139. The summed E-state index contributed by atoms with van der Waals surface area (Å²) in [7, 11) is 0. The number of hydrogen-bond acceptors (Lipinski definition) is 4.